The molecule has 1 saturated heterocycles. The van der Waals surface area contributed by atoms with Crippen LogP contribution in [0.1, 0.15) is 66.7 Å². The lowest BCUT2D eigenvalue weighted by atomic mass is 9.88. The average Bonchev–Trinajstić information content (AvgIpc) is 3.21. The Kier molecular flexibility index (Phi) is 5.34. The van der Waals surface area contributed by atoms with Crippen LogP contribution in [-0.4, -0.2) is 36.0 Å². The monoisotopic (exact) mass is 294 g/mol. The predicted molar refractivity (Wildman–Crippen MR) is 88.2 cm³/mol. The Morgan fingerprint density at radius 2 is 1.95 bits per heavy atom. The summed E-state index contributed by atoms with van der Waals surface area (Å²) in [5.41, 5.74) is -0.287. The van der Waals surface area contributed by atoms with Gasteiger partial charge in [0.1, 0.15) is 0 Å². The van der Waals surface area contributed by atoms with Crippen molar-refractivity contribution >= 4 is 5.91 Å². The third-order valence-electron chi connectivity index (χ3n) is 5.16. The molecule has 0 spiro atoms. The number of rotatable bonds is 5. The highest BCUT2D eigenvalue weighted by Crippen LogP contribution is 2.37. The maximum absolute atomic E-state index is 12.3. The lowest BCUT2D eigenvalue weighted by Crippen LogP contribution is -2.55. The Morgan fingerprint density at radius 3 is 2.48 bits per heavy atom. The molecule has 1 N–H and O–H groups in total. The molecule has 0 aromatic carbocycles. The molecule has 2 aliphatic rings. The summed E-state index contributed by atoms with van der Waals surface area (Å²) in [7, 11) is 0. The van der Waals surface area contributed by atoms with E-state index in [1.807, 2.05) is 20.8 Å². The van der Waals surface area contributed by atoms with Crippen LogP contribution in [0.5, 0.6) is 0 Å². The molecule has 3 heteroatoms. The van der Waals surface area contributed by atoms with Crippen LogP contribution in [0.15, 0.2) is 0 Å². The molecule has 3 unspecified atom stereocenters. The van der Waals surface area contributed by atoms with Crippen LogP contribution in [-0.2, 0) is 4.79 Å². The maximum atomic E-state index is 12.3. The SMILES string of the molecule is CCCC1CC(NC(=O)C(C)(C)C)CN(C(C)C2CC2)C1. The number of nitrogens with one attached hydrogen (secondary N) is 1. The Hall–Kier alpha value is -0.570. The van der Waals surface area contributed by atoms with Crippen molar-refractivity contribution in [1.29, 1.82) is 0 Å². The van der Waals surface area contributed by atoms with Gasteiger partial charge in [-0.3, -0.25) is 9.69 Å². The van der Waals surface area contributed by atoms with Gasteiger partial charge >= 0.3 is 0 Å². The molecule has 122 valence electrons. The zero-order valence-electron chi connectivity index (χ0n) is 14.6. The molecule has 0 aromatic rings. The first kappa shape index (κ1) is 16.8. The first-order valence-electron chi connectivity index (χ1n) is 8.86. The molecule has 2 rings (SSSR count). The maximum Gasteiger partial charge on any atom is 0.225 e. The highest BCUT2D eigenvalue weighted by Gasteiger charge is 2.37. The predicted octanol–water partition coefficient (Wildman–Crippen LogP) is 3.44. The van der Waals surface area contributed by atoms with Gasteiger partial charge in [0.15, 0.2) is 0 Å². The van der Waals surface area contributed by atoms with Gasteiger partial charge in [-0.1, -0.05) is 34.1 Å². The second kappa shape index (κ2) is 6.68. The van der Waals surface area contributed by atoms with E-state index in [-0.39, 0.29) is 11.3 Å². The van der Waals surface area contributed by atoms with Crippen molar-refractivity contribution in [3.8, 4) is 0 Å². The van der Waals surface area contributed by atoms with E-state index in [0.717, 1.165) is 24.8 Å². The van der Waals surface area contributed by atoms with Crippen molar-refractivity contribution in [3.05, 3.63) is 0 Å². The first-order valence-corrected chi connectivity index (χ1v) is 8.86. The molecule has 2 fully saturated rings. The molecule has 1 heterocycles. The Labute approximate surface area is 130 Å². The Balaban J connectivity index is 1.97. The van der Waals surface area contributed by atoms with Crippen LogP contribution in [0, 0.1) is 17.3 Å². The molecule has 3 nitrogen and oxygen atoms in total. The fraction of sp³-hybridized carbons (Fsp3) is 0.944. The van der Waals surface area contributed by atoms with E-state index in [1.165, 1.54) is 32.2 Å². The lowest BCUT2D eigenvalue weighted by Gasteiger charge is -2.42. The summed E-state index contributed by atoms with van der Waals surface area (Å²) in [6, 6.07) is 1.03. The van der Waals surface area contributed by atoms with E-state index < -0.39 is 0 Å². The van der Waals surface area contributed by atoms with E-state index in [9.17, 15) is 4.79 Å². The van der Waals surface area contributed by atoms with E-state index in [4.69, 9.17) is 0 Å². The molecule has 1 aliphatic carbocycles. The second-order valence-corrected chi connectivity index (χ2v) is 8.34. The van der Waals surface area contributed by atoms with E-state index >= 15 is 0 Å². The van der Waals surface area contributed by atoms with Crippen molar-refractivity contribution in [2.75, 3.05) is 13.1 Å². The van der Waals surface area contributed by atoms with Crippen molar-refractivity contribution < 1.29 is 4.79 Å². The summed E-state index contributed by atoms with van der Waals surface area (Å²) >= 11 is 0. The van der Waals surface area contributed by atoms with E-state index in [2.05, 4.69) is 24.1 Å². The van der Waals surface area contributed by atoms with Crippen LogP contribution in [0.25, 0.3) is 0 Å². The highest BCUT2D eigenvalue weighted by molar-refractivity contribution is 5.81. The zero-order chi connectivity index (χ0) is 15.6. The zero-order valence-corrected chi connectivity index (χ0v) is 14.6. The van der Waals surface area contributed by atoms with Gasteiger partial charge in [-0.25, -0.2) is 0 Å². The third kappa shape index (κ3) is 4.70. The van der Waals surface area contributed by atoms with Crippen molar-refractivity contribution in [3.63, 3.8) is 0 Å². The fourth-order valence-corrected chi connectivity index (χ4v) is 3.57. The van der Waals surface area contributed by atoms with Crippen LogP contribution in [0.3, 0.4) is 0 Å². The van der Waals surface area contributed by atoms with Gasteiger partial charge in [0.2, 0.25) is 5.91 Å². The van der Waals surface area contributed by atoms with Gasteiger partial charge in [0.05, 0.1) is 0 Å². The molecule has 0 bridgehead atoms. The number of piperidine rings is 1. The summed E-state index contributed by atoms with van der Waals surface area (Å²) in [6.07, 6.45) is 6.49. The van der Waals surface area contributed by atoms with E-state index in [1.54, 1.807) is 0 Å². The van der Waals surface area contributed by atoms with Crippen molar-refractivity contribution in [2.45, 2.75) is 78.8 Å². The minimum Gasteiger partial charge on any atom is -0.352 e. The number of hydrogen-bond acceptors (Lipinski definition) is 2. The second-order valence-electron chi connectivity index (χ2n) is 8.34. The van der Waals surface area contributed by atoms with Gasteiger partial charge in [-0.05, 0) is 44.4 Å². The highest BCUT2D eigenvalue weighted by atomic mass is 16.2. The number of hydrogen-bond donors (Lipinski definition) is 1. The molecular weight excluding hydrogens is 260 g/mol. The van der Waals surface area contributed by atoms with Crippen LogP contribution >= 0.6 is 0 Å². The smallest absolute Gasteiger partial charge is 0.225 e. The Morgan fingerprint density at radius 1 is 1.29 bits per heavy atom. The summed E-state index contributed by atoms with van der Waals surface area (Å²) in [5.74, 6) is 1.85. The summed E-state index contributed by atoms with van der Waals surface area (Å²) in [6.45, 7) is 12.9. The standard InChI is InChI=1S/C18H34N2O/c1-6-7-14-10-16(19-17(21)18(3,4)5)12-20(11-14)13(2)15-8-9-15/h13-16H,6-12H2,1-5H3,(H,19,21). The largest absolute Gasteiger partial charge is 0.352 e. The van der Waals surface area contributed by atoms with Gasteiger partial charge in [0, 0.05) is 30.6 Å². The fourth-order valence-electron chi connectivity index (χ4n) is 3.57. The van der Waals surface area contributed by atoms with Crippen LogP contribution in [0.4, 0.5) is 0 Å². The molecule has 1 aliphatic heterocycles. The molecule has 0 radical (unpaired) electrons. The number of carbonyl (C=O) groups is 1. The van der Waals surface area contributed by atoms with Gasteiger partial charge in [-0.2, -0.15) is 0 Å². The summed E-state index contributed by atoms with van der Waals surface area (Å²) in [4.78, 5) is 14.9. The van der Waals surface area contributed by atoms with Crippen molar-refractivity contribution in [2.24, 2.45) is 17.3 Å². The van der Waals surface area contributed by atoms with Gasteiger partial charge in [0.25, 0.3) is 0 Å². The summed E-state index contributed by atoms with van der Waals surface area (Å²) < 4.78 is 0. The molecule has 0 aromatic heterocycles. The van der Waals surface area contributed by atoms with Gasteiger partial charge in [-0.15, -0.1) is 0 Å². The van der Waals surface area contributed by atoms with Crippen LogP contribution < -0.4 is 5.32 Å². The quantitative estimate of drug-likeness (QED) is 0.842. The minimum atomic E-state index is -0.287. The lowest BCUT2D eigenvalue weighted by molar-refractivity contribution is -0.129. The molecular formula is C18H34N2O. The van der Waals surface area contributed by atoms with E-state index in [0.29, 0.717) is 12.1 Å². The number of nitrogens with zero attached hydrogens (tertiary/aromatic N) is 1. The average molecular weight is 294 g/mol. The van der Waals surface area contributed by atoms with Crippen molar-refractivity contribution in [1.82, 2.24) is 10.2 Å². The topological polar surface area (TPSA) is 32.3 Å². The van der Waals surface area contributed by atoms with Crippen LogP contribution in [0.2, 0.25) is 0 Å². The number of carbonyl (C=O) groups excluding carboxylic acids is 1. The molecule has 1 amide bonds. The minimum absolute atomic E-state index is 0.198. The normalized spacial score (nSPS) is 29.2. The molecule has 1 saturated carbocycles. The number of amides is 1. The molecule has 3 atom stereocenters. The van der Waals surface area contributed by atoms with Gasteiger partial charge < -0.3 is 5.32 Å². The first-order chi connectivity index (χ1) is 9.81. The molecule has 21 heavy (non-hydrogen) atoms. The number of likely N-dealkylation sites (tertiary alicyclic amines) is 1. The Bertz CT molecular complexity index is 357. The third-order valence-corrected chi connectivity index (χ3v) is 5.16. The summed E-state index contributed by atoms with van der Waals surface area (Å²) in [5, 5.41) is 3.31.